The number of rotatable bonds is 9. The molecule has 0 bridgehead atoms. The summed E-state index contributed by atoms with van der Waals surface area (Å²) >= 11 is 0. The maximum absolute atomic E-state index is 12.3. The Hall–Kier alpha value is -2.83. The van der Waals surface area contributed by atoms with Crippen molar-refractivity contribution in [3.05, 3.63) is 46.8 Å². The lowest BCUT2D eigenvalue weighted by molar-refractivity contribution is -0.137. The minimum absolute atomic E-state index is 0.104. The molecular formula is C18H22N2O5. The lowest BCUT2D eigenvalue weighted by Gasteiger charge is -2.11. The summed E-state index contributed by atoms with van der Waals surface area (Å²) in [6.45, 7) is 4.34. The molecule has 0 aliphatic heterocycles. The molecule has 2 aromatic rings. The van der Waals surface area contributed by atoms with Gasteiger partial charge < -0.3 is 19.7 Å². The van der Waals surface area contributed by atoms with Gasteiger partial charge in [0.15, 0.2) is 0 Å². The smallest absolute Gasteiger partial charge is 0.303 e. The number of nitrogens with zero attached hydrogens (tertiary/aromatic N) is 1. The Labute approximate surface area is 146 Å². The van der Waals surface area contributed by atoms with Crippen molar-refractivity contribution in [3.8, 4) is 5.75 Å². The van der Waals surface area contributed by atoms with Gasteiger partial charge in [0.2, 0.25) is 0 Å². The SMILES string of the molecule is Cc1noc(C)c1COc1ccccc1C(=O)NCCCCC(=O)O. The zero-order chi connectivity index (χ0) is 18.2. The molecule has 0 spiro atoms. The number of para-hydroxylation sites is 1. The second-order valence-corrected chi connectivity index (χ2v) is 5.69. The normalized spacial score (nSPS) is 10.5. The van der Waals surface area contributed by atoms with E-state index in [1.165, 1.54) is 0 Å². The van der Waals surface area contributed by atoms with Gasteiger partial charge in [-0.1, -0.05) is 17.3 Å². The van der Waals surface area contributed by atoms with Gasteiger partial charge in [0.1, 0.15) is 18.1 Å². The highest BCUT2D eigenvalue weighted by atomic mass is 16.5. The van der Waals surface area contributed by atoms with Crippen molar-refractivity contribution in [2.45, 2.75) is 39.7 Å². The van der Waals surface area contributed by atoms with Gasteiger partial charge in [-0.3, -0.25) is 9.59 Å². The van der Waals surface area contributed by atoms with Crippen molar-refractivity contribution in [1.82, 2.24) is 10.5 Å². The number of amides is 1. The number of benzene rings is 1. The van der Waals surface area contributed by atoms with Crippen molar-refractivity contribution in [3.63, 3.8) is 0 Å². The first kappa shape index (κ1) is 18.5. The van der Waals surface area contributed by atoms with E-state index < -0.39 is 5.97 Å². The van der Waals surface area contributed by atoms with Crippen LogP contribution in [0.3, 0.4) is 0 Å². The molecule has 2 N–H and O–H groups in total. The van der Waals surface area contributed by atoms with Gasteiger partial charge in [0, 0.05) is 13.0 Å². The lowest BCUT2D eigenvalue weighted by atomic mass is 10.1. The third-order valence-corrected chi connectivity index (χ3v) is 3.79. The van der Waals surface area contributed by atoms with E-state index in [0.29, 0.717) is 36.5 Å². The second-order valence-electron chi connectivity index (χ2n) is 5.69. The minimum atomic E-state index is -0.829. The molecule has 0 unspecified atom stereocenters. The molecule has 1 amide bonds. The quantitative estimate of drug-likeness (QED) is 0.677. The summed E-state index contributed by atoms with van der Waals surface area (Å²) in [4.78, 5) is 22.8. The summed E-state index contributed by atoms with van der Waals surface area (Å²) in [5, 5.41) is 15.3. The molecule has 0 aliphatic carbocycles. The van der Waals surface area contributed by atoms with Crippen LogP contribution in [0.1, 0.15) is 46.6 Å². The number of nitrogens with one attached hydrogen (secondary N) is 1. The van der Waals surface area contributed by atoms with Crippen LogP contribution in [0.25, 0.3) is 0 Å². The van der Waals surface area contributed by atoms with Gasteiger partial charge in [-0.25, -0.2) is 0 Å². The first-order valence-corrected chi connectivity index (χ1v) is 8.12. The Balaban J connectivity index is 1.93. The van der Waals surface area contributed by atoms with E-state index in [0.717, 1.165) is 11.3 Å². The highest BCUT2D eigenvalue weighted by Gasteiger charge is 2.14. The average molecular weight is 346 g/mol. The number of aliphatic carboxylic acids is 1. The van der Waals surface area contributed by atoms with Crippen molar-refractivity contribution in [2.24, 2.45) is 0 Å². The molecule has 0 radical (unpaired) electrons. The molecule has 25 heavy (non-hydrogen) atoms. The number of unbranched alkanes of at least 4 members (excludes halogenated alkanes) is 1. The molecule has 0 aliphatic rings. The van der Waals surface area contributed by atoms with Gasteiger partial charge in [-0.05, 0) is 38.8 Å². The summed E-state index contributed by atoms with van der Waals surface area (Å²) in [6, 6.07) is 6.99. The molecule has 1 heterocycles. The zero-order valence-corrected chi connectivity index (χ0v) is 14.4. The second kappa shape index (κ2) is 8.86. The van der Waals surface area contributed by atoms with Crippen molar-refractivity contribution in [2.75, 3.05) is 6.54 Å². The van der Waals surface area contributed by atoms with Gasteiger partial charge in [-0.2, -0.15) is 0 Å². The van der Waals surface area contributed by atoms with Crippen LogP contribution in [-0.2, 0) is 11.4 Å². The molecule has 0 saturated heterocycles. The summed E-state index contributed by atoms with van der Waals surface area (Å²) < 4.78 is 10.9. The highest BCUT2D eigenvalue weighted by Crippen LogP contribution is 2.21. The number of carbonyl (C=O) groups excluding carboxylic acids is 1. The predicted molar refractivity (Wildman–Crippen MR) is 90.6 cm³/mol. The molecule has 1 aromatic heterocycles. The number of aromatic nitrogens is 1. The zero-order valence-electron chi connectivity index (χ0n) is 14.4. The van der Waals surface area contributed by atoms with E-state index in [-0.39, 0.29) is 18.9 Å². The summed E-state index contributed by atoms with van der Waals surface area (Å²) in [5.74, 6) is 0.0949. The van der Waals surface area contributed by atoms with Crippen LogP contribution in [-0.4, -0.2) is 28.7 Å². The van der Waals surface area contributed by atoms with Crippen molar-refractivity contribution in [1.29, 1.82) is 0 Å². The Kier molecular flexibility index (Phi) is 6.56. The van der Waals surface area contributed by atoms with Gasteiger partial charge in [0.05, 0.1) is 16.8 Å². The van der Waals surface area contributed by atoms with Crippen LogP contribution in [0.5, 0.6) is 5.75 Å². The van der Waals surface area contributed by atoms with Crippen LogP contribution in [0.2, 0.25) is 0 Å². The van der Waals surface area contributed by atoms with Crippen LogP contribution < -0.4 is 10.1 Å². The third kappa shape index (κ3) is 5.34. The molecule has 0 saturated carbocycles. The fraction of sp³-hybridized carbons (Fsp3) is 0.389. The number of hydrogen-bond acceptors (Lipinski definition) is 5. The standard InChI is InChI=1S/C18H22N2O5/c1-12-15(13(2)25-20-12)11-24-16-8-4-3-7-14(16)18(23)19-10-6-5-9-17(21)22/h3-4,7-8H,5-6,9-11H2,1-2H3,(H,19,23)(H,21,22). The maximum atomic E-state index is 12.3. The summed E-state index contributed by atoms with van der Waals surface area (Å²) in [5.41, 5.74) is 2.06. The topological polar surface area (TPSA) is 102 Å². The number of carbonyl (C=O) groups is 2. The predicted octanol–water partition coefficient (Wildman–Crippen LogP) is 2.86. The van der Waals surface area contributed by atoms with Crippen LogP contribution in [0.15, 0.2) is 28.8 Å². The molecule has 0 atom stereocenters. The Morgan fingerprint density at radius 1 is 1.24 bits per heavy atom. The van der Waals surface area contributed by atoms with Gasteiger partial charge in [-0.15, -0.1) is 0 Å². The number of ether oxygens (including phenoxy) is 1. The first-order valence-electron chi connectivity index (χ1n) is 8.12. The number of carboxylic acid groups (broad SMARTS) is 1. The fourth-order valence-electron chi connectivity index (χ4n) is 2.34. The van der Waals surface area contributed by atoms with Crippen molar-refractivity contribution < 1.29 is 24.0 Å². The number of aryl methyl sites for hydroxylation is 2. The third-order valence-electron chi connectivity index (χ3n) is 3.79. The summed E-state index contributed by atoms with van der Waals surface area (Å²) in [6.07, 6.45) is 1.24. The fourth-order valence-corrected chi connectivity index (χ4v) is 2.34. The first-order chi connectivity index (χ1) is 12.0. The van der Waals surface area contributed by atoms with Crippen LogP contribution in [0, 0.1) is 13.8 Å². The average Bonchev–Trinajstić information content (AvgIpc) is 2.90. The molecule has 2 rings (SSSR count). The number of hydrogen-bond donors (Lipinski definition) is 2. The Bertz CT molecular complexity index is 719. The summed E-state index contributed by atoms with van der Waals surface area (Å²) in [7, 11) is 0. The van der Waals surface area contributed by atoms with E-state index in [9.17, 15) is 9.59 Å². The highest BCUT2D eigenvalue weighted by molar-refractivity contribution is 5.96. The number of carboxylic acids is 1. The van der Waals surface area contributed by atoms with E-state index in [2.05, 4.69) is 10.5 Å². The van der Waals surface area contributed by atoms with Crippen LogP contribution in [0.4, 0.5) is 0 Å². The van der Waals surface area contributed by atoms with Gasteiger partial charge in [0.25, 0.3) is 5.91 Å². The Morgan fingerprint density at radius 2 is 2.00 bits per heavy atom. The molecule has 134 valence electrons. The lowest BCUT2D eigenvalue weighted by Crippen LogP contribution is -2.25. The Morgan fingerprint density at radius 3 is 2.68 bits per heavy atom. The monoisotopic (exact) mass is 346 g/mol. The molecular weight excluding hydrogens is 324 g/mol. The molecule has 7 heteroatoms. The minimum Gasteiger partial charge on any atom is -0.488 e. The van der Waals surface area contributed by atoms with E-state index in [4.69, 9.17) is 14.4 Å². The van der Waals surface area contributed by atoms with Crippen molar-refractivity contribution >= 4 is 11.9 Å². The van der Waals surface area contributed by atoms with E-state index in [1.54, 1.807) is 24.3 Å². The molecule has 7 nitrogen and oxygen atoms in total. The molecule has 1 aromatic carbocycles. The maximum Gasteiger partial charge on any atom is 0.303 e. The van der Waals surface area contributed by atoms with Crippen LogP contribution >= 0.6 is 0 Å². The molecule has 0 fully saturated rings. The van der Waals surface area contributed by atoms with Gasteiger partial charge >= 0.3 is 5.97 Å². The largest absolute Gasteiger partial charge is 0.488 e. The van der Waals surface area contributed by atoms with E-state index in [1.807, 2.05) is 13.8 Å². The van der Waals surface area contributed by atoms with E-state index >= 15 is 0 Å².